The summed E-state index contributed by atoms with van der Waals surface area (Å²) in [6.07, 6.45) is 1.29. The number of ether oxygens (including phenoxy) is 1. The molecule has 1 N–H and O–H groups in total. The molecule has 0 spiro atoms. The Kier molecular flexibility index (Phi) is 8.82. The van der Waals surface area contributed by atoms with E-state index < -0.39 is 0 Å². The predicted molar refractivity (Wildman–Crippen MR) is 153 cm³/mol. The number of hydrogen-bond donors (Lipinski definition) is 1. The van der Waals surface area contributed by atoms with E-state index in [1.165, 1.54) is 12.1 Å². The molecule has 7 heteroatoms. The Morgan fingerprint density at radius 3 is 2.38 bits per heavy atom. The maximum atomic E-state index is 13.6. The zero-order valence-corrected chi connectivity index (χ0v) is 23.1. The van der Waals surface area contributed by atoms with Crippen LogP contribution >= 0.6 is 0 Å². The Morgan fingerprint density at radius 2 is 1.72 bits per heavy atom. The van der Waals surface area contributed by atoms with Gasteiger partial charge in [-0.2, -0.15) is 0 Å². The number of nitrogens with zero attached hydrogens (tertiary/aromatic N) is 1. The summed E-state index contributed by atoms with van der Waals surface area (Å²) in [5, 5.41) is 3.30. The minimum Gasteiger partial charge on any atom is -0.492 e. The monoisotopic (exact) mass is 530 g/mol. The summed E-state index contributed by atoms with van der Waals surface area (Å²) in [6, 6.07) is 17.0. The van der Waals surface area contributed by atoms with Gasteiger partial charge >= 0.3 is 0 Å². The van der Waals surface area contributed by atoms with Crippen molar-refractivity contribution in [1.29, 1.82) is 0 Å². The van der Waals surface area contributed by atoms with Crippen LogP contribution < -0.4 is 10.1 Å². The number of amides is 1. The van der Waals surface area contributed by atoms with E-state index >= 15 is 0 Å². The van der Waals surface area contributed by atoms with Crippen molar-refractivity contribution in [1.82, 2.24) is 10.2 Å². The van der Waals surface area contributed by atoms with Gasteiger partial charge in [0.2, 0.25) is 0 Å². The van der Waals surface area contributed by atoms with Crippen LogP contribution in [0.25, 0.3) is 33.4 Å². The maximum Gasteiger partial charge on any atom is 0.255 e. The van der Waals surface area contributed by atoms with E-state index in [9.17, 15) is 14.0 Å². The number of furan rings is 1. The van der Waals surface area contributed by atoms with Crippen LogP contribution in [-0.2, 0) is 0 Å². The number of nitrogens with one attached hydrogen (secondary N) is 1. The van der Waals surface area contributed by atoms with Gasteiger partial charge in [-0.1, -0.05) is 19.9 Å². The van der Waals surface area contributed by atoms with Crippen molar-refractivity contribution in [3.05, 3.63) is 77.6 Å². The second-order valence-corrected chi connectivity index (χ2v) is 10.3. The van der Waals surface area contributed by atoms with Crippen molar-refractivity contribution in [2.24, 2.45) is 5.92 Å². The van der Waals surface area contributed by atoms with Crippen LogP contribution in [0.3, 0.4) is 0 Å². The molecule has 0 fully saturated rings. The molecule has 0 atom stereocenters. The molecule has 0 aliphatic rings. The summed E-state index contributed by atoms with van der Waals surface area (Å²) in [5.41, 5.74) is 3.65. The number of rotatable bonds is 11. The third-order valence-corrected chi connectivity index (χ3v) is 6.61. The SMILES string of the molecule is CNC(=O)c1c(-c2ccc(F)cc2)oc2ccc(-c3cc(C(=O)CCC(C)C)ccc3OCCN(C)C)cc12. The van der Waals surface area contributed by atoms with E-state index in [4.69, 9.17) is 9.15 Å². The van der Waals surface area contributed by atoms with E-state index in [1.807, 2.05) is 49.3 Å². The topological polar surface area (TPSA) is 71.8 Å². The highest BCUT2D eigenvalue weighted by atomic mass is 19.1. The molecule has 204 valence electrons. The van der Waals surface area contributed by atoms with Crippen LogP contribution in [0.1, 0.15) is 47.4 Å². The Bertz CT molecular complexity index is 1470. The van der Waals surface area contributed by atoms with Crippen molar-refractivity contribution < 1.29 is 23.1 Å². The third-order valence-electron chi connectivity index (χ3n) is 6.61. The van der Waals surface area contributed by atoms with Crippen LogP contribution in [0.4, 0.5) is 4.39 Å². The van der Waals surface area contributed by atoms with Gasteiger partial charge < -0.3 is 19.4 Å². The lowest BCUT2D eigenvalue weighted by Gasteiger charge is -2.16. The number of benzene rings is 3. The molecule has 0 aliphatic heterocycles. The van der Waals surface area contributed by atoms with Crippen LogP contribution in [0.15, 0.2) is 65.1 Å². The van der Waals surface area contributed by atoms with Crippen molar-refractivity contribution >= 4 is 22.7 Å². The summed E-state index contributed by atoms with van der Waals surface area (Å²) >= 11 is 0. The molecule has 1 amide bonds. The smallest absolute Gasteiger partial charge is 0.255 e. The summed E-state index contributed by atoms with van der Waals surface area (Å²) in [5.74, 6) is 0.846. The molecule has 3 aromatic carbocycles. The fourth-order valence-corrected chi connectivity index (χ4v) is 4.38. The first-order valence-corrected chi connectivity index (χ1v) is 13.2. The van der Waals surface area contributed by atoms with Gasteiger partial charge in [0.25, 0.3) is 5.91 Å². The highest BCUT2D eigenvalue weighted by molar-refractivity contribution is 6.12. The first-order valence-electron chi connectivity index (χ1n) is 13.2. The molecule has 4 aromatic rings. The first kappa shape index (κ1) is 28.0. The van der Waals surface area contributed by atoms with Gasteiger partial charge in [0, 0.05) is 42.1 Å². The lowest BCUT2D eigenvalue weighted by molar-refractivity contribution is 0.0960. The summed E-state index contributed by atoms with van der Waals surface area (Å²) in [7, 11) is 5.52. The number of ketones is 1. The zero-order chi connectivity index (χ0) is 28.1. The number of carbonyl (C=O) groups is 2. The second-order valence-electron chi connectivity index (χ2n) is 10.3. The first-order chi connectivity index (χ1) is 18.7. The van der Waals surface area contributed by atoms with Gasteiger partial charge in [0.1, 0.15) is 29.5 Å². The van der Waals surface area contributed by atoms with E-state index in [0.717, 1.165) is 24.1 Å². The number of likely N-dealkylation sites (N-methyl/N-ethyl adjacent to an activating group) is 1. The van der Waals surface area contributed by atoms with Gasteiger partial charge in [0.15, 0.2) is 5.78 Å². The molecule has 1 aromatic heterocycles. The molecule has 0 saturated heterocycles. The average Bonchev–Trinajstić information content (AvgIpc) is 3.30. The molecule has 39 heavy (non-hydrogen) atoms. The molecular weight excluding hydrogens is 495 g/mol. The van der Waals surface area contributed by atoms with Crippen molar-refractivity contribution in [3.63, 3.8) is 0 Å². The molecular formula is C32H35FN2O4. The van der Waals surface area contributed by atoms with Crippen LogP contribution in [-0.4, -0.2) is 50.9 Å². The molecule has 6 nitrogen and oxygen atoms in total. The van der Waals surface area contributed by atoms with Gasteiger partial charge in [-0.3, -0.25) is 9.59 Å². The Hall–Kier alpha value is -3.97. The van der Waals surface area contributed by atoms with E-state index in [2.05, 4.69) is 19.2 Å². The van der Waals surface area contributed by atoms with Crippen LogP contribution in [0.5, 0.6) is 5.75 Å². The minimum absolute atomic E-state index is 0.0822. The zero-order valence-electron chi connectivity index (χ0n) is 23.1. The largest absolute Gasteiger partial charge is 0.492 e. The Balaban J connectivity index is 1.83. The summed E-state index contributed by atoms with van der Waals surface area (Å²) in [6.45, 7) is 5.42. The third kappa shape index (κ3) is 6.55. The quantitative estimate of drug-likeness (QED) is 0.215. The fourth-order valence-electron chi connectivity index (χ4n) is 4.38. The number of Topliss-reactive ketones (excluding diaryl/α,β-unsaturated/α-hetero) is 1. The Morgan fingerprint density at radius 1 is 1.00 bits per heavy atom. The molecule has 0 unspecified atom stereocenters. The molecule has 0 saturated carbocycles. The van der Waals surface area contributed by atoms with E-state index in [0.29, 0.717) is 58.1 Å². The van der Waals surface area contributed by atoms with Crippen LogP contribution in [0.2, 0.25) is 0 Å². The van der Waals surface area contributed by atoms with Crippen molar-refractivity contribution in [2.45, 2.75) is 26.7 Å². The van der Waals surface area contributed by atoms with Crippen molar-refractivity contribution in [2.75, 3.05) is 34.3 Å². The average molecular weight is 531 g/mol. The second kappa shape index (κ2) is 12.3. The highest BCUT2D eigenvalue weighted by Gasteiger charge is 2.23. The number of carbonyl (C=O) groups excluding carboxylic acids is 2. The molecule has 0 radical (unpaired) electrons. The number of fused-ring (bicyclic) bond motifs is 1. The van der Waals surface area contributed by atoms with Gasteiger partial charge in [-0.05, 0) is 86.6 Å². The molecule has 1 heterocycles. The summed E-state index contributed by atoms with van der Waals surface area (Å²) < 4.78 is 25.8. The standard InChI is InChI=1S/C32H35FN2O4/c1-20(2)6-13-27(36)23-10-14-28(38-17-16-35(4)5)25(19-23)22-9-15-29-26(18-22)30(32(37)34-3)31(39-29)21-7-11-24(33)12-8-21/h7-12,14-15,18-20H,6,13,16-17H2,1-5H3,(H,34,37). The fraction of sp³-hybridized carbons (Fsp3) is 0.312. The van der Waals surface area contributed by atoms with Gasteiger partial charge in [-0.15, -0.1) is 0 Å². The van der Waals surface area contributed by atoms with Gasteiger partial charge in [0.05, 0.1) is 5.56 Å². The molecule has 0 aliphatic carbocycles. The normalized spacial score (nSPS) is 11.4. The van der Waals surface area contributed by atoms with E-state index in [1.54, 1.807) is 25.2 Å². The van der Waals surface area contributed by atoms with Gasteiger partial charge in [-0.25, -0.2) is 4.39 Å². The summed E-state index contributed by atoms with van der Waals surface area (Å²) in [4.78, 5) is 28.0. The predicted octanol–water partition coefficient (Wildman–Crippen LogP) is 6.82. The lowest BCUT2D eigenvalue weighted by Crippen LogP contribution is -2.19. The van der Waals surface area contributed by atoms with Crippen molar-refractivity contribution in [3.8, 4) is 28.2 Å². The maximum absolute atomic E-state index is 13.6. The van der Waals surface area contributed by atoms with E-state index in [-0.39, 0.29) is 17.5 Å². The number of hydrogen-bond acceptors (Lipinski definition) is 5. The highest BCUT2D eigenvalue weighted by Crippen LogP contribution is 2.38. The number of halogens is 1. The Labute approximate surface area is 228 Å². The minimum atomic E-state index is -0.372. The lowest BCUT2D eigenvalue weighted by atomic mass is 9.95. The molecule has 4 rings (SSSR count). The van der Waals surface area contributed by atoms with Crippen LogP contribution in [0, 0.1) is 11.7 Å². The molecule has 0 bridgehead atoms.